The van der Waals surface area contributed by atoms with E-state index in [0.717, 1.165) is 0 Å². The average molecular weight is 266 g/mol. The Morgan fingerprint density at radius 3 is 3.16 bits per heavy atom. The summed E-state index contributed by atoms with van der Waals surface area (Å²) in [6.45, 7) is 1.50. The van der Waals surface area contributed by atoms with Crippen molar-refractivity contribution in [2.75, 3.05) is 31.6 Å². The maximum atomic E-state index is 11.7. The van der Waals surface area contributed by atoms with Gasteiger partial charge in [0.1, 0.15) is 17.9 Å². The van der Waals surface area contributed by atoms with Crippen LogP contribution in [0.4, 0.5) is 11.5 Å². The van der Waals surface area contributed by atoms with Crippen molar-refractivity contribution >= 4 is 17.5 Å². The first-order valence-electron chi connectivity index (χ1n) is 5.79. The highest BCUT2D eigenvalue weighted by atomic mass is 16.6. The summed E-state index contributed by atoms with van der Waals surface area (Å²) in [5.74, 6) is -0.677. The van der Waals surface area contributed by atoms with Crippen molar-refractivity contribution in [2.24, 2.45) is 0 Å². The van der Waals surface area contributed by atoms with Gasteiger partial charge in [-0.05, 0) is 22.0 Å². The second-order valence-electron chi connectivity index (χ2n) is 4.04. The van der Waals surface area contributed by atoms with E-state index in [0.29, 0.717) is 25.3 Å². The van der Waals surface area contributed by atoms with Gasteiger partial charge in [-0.3, -0.25) is 0 Å². The van der Waals surface area contributed by atoms with Crippen molar-refractivity contribution in [1.29, 1.82) is 0 Å². The Hall–Kier alpha value is -2.22. The molecule has 0 aliphatic carbocycles. The van der Waals surface area contributed by atoms with E-state index in [4.69, 9.17) is 4.74 Å². The third kappa shape index (κ3) is 2.63. The predicted molar refractivity (Wildman–Crippen MR) is 66.9 cm³/mol. The molecule has 1 N–H and O–H groups in total. The standard InChI is InChI=1S/C11H14N4O4/c1-19-11(16)9-7-12-5-6-14(9)8-3-2-4-13-10(8)15(17)18/h2-4,9,12H,5-7H2,1H3. The van der Waals surface area contributed by atoms with Gasteiger partial charge in [0.05, 0.1) is 7.11 Å². The lowest BCUT2D eigenvalue weighted by Crippen LogP contribution is -2.55. The van der Waals surface area contributed by atoms with Crippen LogP contribution in [0.25, 0.3) is 0 Å². The summed E-state index contributed by atoms with van der Waals surface area (Å²) >= 11 is 0. The lowest BCUT2D eigenvalue weighted by molar-refractivity contribution is -0.388. The van der Waals surface area contributed by atoms with Crippen LogP contribution in [0.5, 0.6) is 0 Å². The Balaban J connectivity index is 2.37. The number of methoxy groups -OCH3 is 1. The quantitative estimate of drug-likeness (QED) is 0.465. The van der Waals surface area contributed by atoms with Crippen molar-refractivity contribution in [1.82, 2.24) is 10.3 Å². The van der Waals surface area contributed by atoms with Crippen LogP contribution in [0.2, 0.25) is 0 Å². The molecule has 2 heterocycles. The van der Waals surface area contributed by atoms with Gasteiger partial charge in [-0.2, -0.15) is 0 Å². The number of nitro groups is 1. The number of rotatable bonds is 3. The maximum absolute atomic E-state index is 11.7. The Labute approximate surface area is 109 Å². The lowest BCUT2D eigenvalue weighted by atomic mass is 10.1. The Morgan fingerprint density at radius 2 is 2.47 bits per heavy atom. The van der Waals surface area contributed by atoms with Gasteiger partial charge in [-0.25, -0.2) is 4.79 Å². The van der Waals surface area contributed by atoms with Crippen LogP contribution in [-0.4, -0.2) is 48.7 Å². The van der Waals surface area contributed by atoms with Crippen molar-refractivity contribution in [3.63, 3.8) is 0 Å². The number of esters is 1. The molecule has 0 radical (unpaired) electrons. The van der Waals surface area contributed by atoms with Gasteiger partial charge in [0.2, 0.25) is 0 Å². The van der Waals surface area contributed by atoms with E-state index >= 15 is 0 Å². The number of carbonyl (C=O) groups is 1. The van der Waals surface area contributed by atoms with Gasteiger partial charge in [0.15, 0.2) is 0 Å². The summed E-state index contributed by atoms with van der Waals surface area (Å²) in [5.41, 5.74) is 0.337. The summed E-state index contributed by atoms with van der Waals surface area (Å²) in [4.78, 5) is 27.6. The van der Waals surface area contributed by atoms with Crippen molar-refractivity contribution in [3.8, 4) is 0 Å². The lowest BCUT2D eigenvalue weighted by Gasteiger charge is -2.35. The zero-order valence-corrected chi connectivity index (χ0v) is 10.4. The first-order valence-corrected chi connectivity index (χ1v) is 5.79. The second kappa shape index (κ2) is 5.61. The van der Waals surface area contributed by atoms with E-state index in [2.05, 4.69) is 10.3 Å². The third-order valence-corrected chi connectivity index (χ3v) is 2.97. The zero-order valence-electron chi connectivity index (χ0n) is 10.4. The molecule has 0 amide bonds. The van der Waals surface area contributed by atoms with Crippen LogP contribution >= 0.6 is 0 Å². The number of aromatic nitrogens is 1. The molecule has 1 aromatic heterocycles. The largest absolute Gasteiger partial charge is 0.467 e. The summed E-state index contributed by atoms with van der Waals surface area (Å²) in [6, 6.07) is 2.62. The van der Waals surface area contributed by atoms with Crippen LogP contribution in [0.3, 0.4) is 0 Å². The van der Waals surface area contributed by atoms with Gasteiger partial charge in [-0.1, -0.05) is 0 Å². The molecule has 102 valence electrons. The van der Waals surface area contributed by atoms with E-state index in [1.807, 2.05) is 0 Å². The van der Waals surface area contributed by atoms with Crippen molar-refractivity contribution in [2.45, 2.75) is 6.04 Å². The highest BCUT2D eigenvalue weighted by Crippen LogP contribution is 2.27. The molecule has 19 heavy (non-hydrogen) atoms. The van der Waals surface area contributed by atoms with Crippen molar-refractivity contribution in [3.05, 3.63) is 28.4 Å². The zero-order chi connectivity index (χ0) is 13.8. The minimum Gasteiger partial charge on any atom is -0.467 e. The molecule has 1 fully saturated rings. The maximum Gasteiger partial charge on any atom is 0.387 e. The monoisotopic (exact) mass is 266 g/mol. The number of anilines is 1. The van der Waals surface area contributed by atoms with Gasteiger partial charge < -0.3 is 25.1 Å². The molecule has 0 spiro atoms. The number of ether oxygens (including phenoxy) is 1. The molecule has 2 rings (SSSR count). The fourth-order valence-corrected chi connectivity index (χ4v) is 2.09. The molecule has 1 aromatic rings. The highest BCUT2D eigenvalue weighted by molar-refractivity contribution is 5.81. The summed E-state index contributed by atoms with van der Waals surface area (Å²) in [6.07, 6.45) is 1.36. The Morgan fingerprint density at radius 1 is 1.68 bits per heavy atom. The Bertz CT molecular complexity index is 493. The number of piperazine rings is 1. The molecule has 0 bridgehead atoms. The molecule has 1 aliphatic rings. The van der Waals surface area contributed by atoms with Crippen LogP contribution in [-0.2, 0) is 9.53 Å². The second-order valence-corrected chi connectivity index (χ2v) is 4.04. The van der Waals surface area contributed by atoms with Crippen LogP contribution in [0.1, 0.15) is 0 Å². The molecule has 1 atom stereocenters. The van der Waals surface area contributed by atoms with Crippen LogP contribution in [0.15, 0.2) is 18.3 Å². The molecular weight excluding hydrogens is 252 g/mol. The van der Waals surface area contributed by atoms with E-state index in [-0.39, 0.29) is 5.82 Å². The van der Waals surface area contributed by atoms with E-state index in [1.165, 1.54) is 13.3 Å². The predicted octanol–water partition coefficient (Wildman–Crippen LogP) is -0.0590. The van der Waals surface area contributed by atoms with Gasteiger partial charge in [0, 0.05) is 19.6 Å². The molecule has 1 aliphatic heterocycles. The normalized spacial score (nSPS) is 19.0. The minimum atomic E-state index is -0.582. The number of hydrogen-bond donors (Lipinski definition) is 1. The fourth-order valence-electron chi connectivity index (χ4n) is 2.09. The molecule has 1 unspecified atom stereocenters. The summed E-state index contributed by atoms with van der Waals surface area (Å²) < 4.78 is 4.73. The minimum absolute atomic E-state index is 0.252. The molecular formula is C11H14N4O4. The van der Waals surface area contributed by atoms with Gasteiger partial charge >= 0.3 is 11.8 Å². The van der Waals surface area contributed by atoms with Crippen LogP contribution < -0.4 is 10.2 Å². The van der Waals surface area contributed by atoms with Crippen molar-refractivity contribution < 1.29 is 14.5 Å². The smallest absolute Gasteiger partial charge is 0.387 e. The number of nitrogens with one attached hydrogen (secondary N) is 1. The summed E-state index contributed by atoms with van der Waals surface area (Å²) in [7, 11) is 1.30. The summed E-state index contributed by atoms with van der Waals surface area (Å²) in [5, 5.41) is 14.1. The number of carbonyl (C=O) groups excluding carboxylic acids is 1. The molecule has 0 aromatic carbocycles. The van der Waals surface area contributed by atoms with Crippen LogP contribution in [0, 0.1) is 10.1 Å². The third-order valence-electron chi connectivity index (χ3n) is 2.97. The molecule has 8 heteroatoms. The Kier molecular flexibility index (Phi) is 3.91. The van der Waals surface area contributed by atoms with E-state index in [9.17, 15) is 14.9 Å². The average Bonchev–Trinajstić information content (AvgIpc) is 2.46. The highest BCUT2D eigenvalue weighted by Gasteiger charge is 2.33. The molecule has 8 nitrogen and oxygen atoms in total. The van der Waals surface area contributed by atoms with E-state index < -0.39 is 16.9 Å². The number of hydrogen-bond acceptors (Lipinski definition) is 7. The topological polar surface area (TPSA) is 97.6 Å². The fraction of sp³-hybridized carbons (Fsp3) is 0.455. The molecule has 1 saturated heterocycles. The first-order chi connectivity index (χ1) is 9.15. The number of pyridine rings is 1. The first kappa shape index (κ1) is 13.2. The SMILES string of the molecule is COC(=O)C1CNCCN1c1cccnc1[N+](=O)[O-]. The molecule has 0 saturated carbocycles. The van der Waals surface area contributed by atoms with E-state index in [1.54, 1.807) is 17.0 Å². The number of nitrogens with zero attached hydrogens (tertiary/aromatic N) is 3. The van der Waals surface area contributed by atoms with Gasteiger partial charge in [0.25, 0.3) is 0 Å². The van der Waals surface area contributed by atoms with Gasteiger partial charge in [-0.15, -0.1) is 0 Å².